The lowest BCUT2D eigenvalue weighted by Crippen LogP contribution is -2.01. The van der Waals surface area contributed by atoms with Gasteiger partial charge in [0.25, 0.3) is 0 Å². The van der Waals surface area contributed by atoms with Gasteiger partial charge in [0.2, 0.25) is 0 Å². The molecule has 0 heterocycles. The lowest BCUT2D eigenvalue weighted by Gasteiger charge is -2.12. The highest BCUT2D eigenvalue weighted by Gasteiger charge is 2.15. The van der Waals surface area contributed by atoms with Crippen molar-refractivity contribution in [2.45, 2.75) is 20.3 Å². The minimum absolute atomic E-state index is 0.00423. The van der Waals surface area contributed by atoms with Crippen molar-refractivity contribution in [3.63, 3.8) is 0 Å². The van der Waals surface area contributed by atoms with E-state index in [1.165, 1.54) is 14.0 Å². The van der Waals surface area contributed by atoms with Crippen LogP contribution in [-0.2, 0) is 11.2 Å². The van der Waals surface area contributed by atoms with Gasteiger partial charge in [-0.05, 0) is 31.0 Å². The van der Waals surface area contributed by atoms with E-state index >= 15 is 0 Å². The van der Waals surface area contributed by atoms with Gasteiger partial charge in [0.1, 0.15) is 5.78 Å². The highest BCUT2D eigenvalue weighted by atomic mass is 35.5. The van der Waals surface area contributed by atoms with Crippen molar-refractivity contribution in [2.75, 3.05) is 7.11 Å². The molecule has 0 spiro atoms. The summed E-state index contributed by atoms with van der Waals surface area (Å²) in [6.45, 7) is 3.31. The van der Waals surface area contributed by atoms with Crippen molar-refractivity contribution in [3.8, 4) is 11.5 Å². The maximum atomic E-state index is 11.0. The lowest BCUT2D eigenvalue weighted by molar-refractivity contribution is -0.116. The Kier molecular flexibility index (Phi) is 3.58. The maximum absolute atomic E-state index is 11.0. The third kappa shape index (κ3) is 2.42. The normalized spacial score (nSPS) is 10.1. The Hall–Kier alpha value is -1.22. The second-order valence-corrected chi connectivity index (χ2v) is 3.79. The summed E-state index contributed by atoms with van der Waals surface area (Å²) in [5, 5.41) is 9.84. The molecule has 82 valence electrons. The lowest BCUT2D eigenvalue weighted by atomic mass is 10.0. The minimum Gasteiger partial charge on any atom is -0.503 e. The van der Waals surface area contributed by atoms with E-state index in [4.69, 9.17) is 16.3 Å². The van der Waals surface area contributed by atoms with Gasteiger partial charge in [-0.15, -0.1) is 0 Å². The van der Waals surface area contributed by atoms with Crippen LogP contribution in [0.3, 0.4) is 0 Å². The molecule has 0 aliphatic carbocycles. The summed E-state index contributed by atoms with van der Waals surface area (Å²) in [5.74, 6) is 0.218. The SMILES string of the molecule is COc1cc(C)c(CC(C)=O)c(Cl)c1O. The predicted molar refractivity (Wildman–Crippen MR) is 58.8 cm³/mol. The van der Waals surface area contributed by atoms with Gasteiger partial charge in [-0.3, -0.25) is 4.79 Å². The average molecular weight is 229 g/mol. The number of rotatable bonds is 3. The van der Waals surface area contributed by atoms with Crippen molar-refractivity contribution in [2.24, 2.45) is 0 Å². The zero-order chi connectivity index (χ0) is 11.6. The Morgan fingerprint density at radius 1 is 1.60 bits per heavy atom. The molecule has 0 aromatic heterocycles. The highest BCUT2D eigenvalue weighted by Crippen LogP contribution is 2.38. The monoisotopic (exact) mass is 228 g/mol. The van der Waals surface area contributed by atoms with Gasteiger partial charge in [0.15, 0.2) is 11.5 Å². The molecule has 0 aliphatic heterocycles. The van der Waals surface area contributed by atoms with Crippen LogP contribution < -0.4 is 4.74 Å². The summed E-state index contributed by atoms with van der Waals surface area (Å²) < 4.78 is 4.95. The highest BCUT2D eigenvalue weighted by molar-refractivity contribution is 6.33. The van der Waals surface area contributed by atoms with Gasteiger partial charge in [-0.1, -0.05) is 11.6 Å². The van der Waals surface area contributed by atoms with Crippen molar-refractivity contribution in [1.29, 1.82) is 0 Å². The van der Waals surface area contributed by atoms with Crippen LogP contribution in [0.25, 0.3) is 0 Å². The Morgan fingerprint density at radius 2 is 2.20 bits per heavy atom. The molecule has 0 radical (unpaired) electrons. The molecule has 15 heavy (non-hydrogen) atoms. The second-order valence-electron chi connectivity index (χ2n) is 3.42. The number of aromatic hydroxyl groups is 1. The molecule has 1 N–H and O–H groups in total. The molecule has 1 aromatic carbocycles. The van der Waals surface area contributed by atoms with Crippen molar-refractivity contribution < 1.29 is 14.6 Å². The van der Waals surface area contributed by atoms with E-state index in [0.717, 1.165) is 5.56 Å². The largest absolute Gasteiger partial charge is 0.503 e. The fraction of sp³-hybridized carbons (Fsp3) is 0.364. The zero-order valence-electron chi connectivity index (χ0n) is 8.93. The van der Waals surface area contributed by atoms with Crippen molar-refractivity contribution in [1.82, 2.24) is 0 Å². The summed E-state index contributed by atoms with van der Waals surface area (Å²) in [4.78, 5) is 11.0. The summed E-state index contributed by atoms with van der Waals surface area (Å²) in [6.07, 6.45) is 0.224. The van der Waals surface area contributed by atoms with Crippen molar-refractivity contribution >= 4 is 17.4 Å². The third-order valence-electron chi connectivity index (χ3n) is 2.18. The molecule has 0 saturated heterocycles. The smallest absolute Gasteiger partial charge is 0.177 e. The molecular formula is C11H13ClO3. The number of phenolic OH excluding ortho intramolecular Hbond substituents is 1. The summed E-state index contributed by atoms with van der Waals surface area (Å²) in [5.41, 5.74) is 1.49. The topological polar surface area (TPSA) is 46.5 Å². The number of Topliss-reactive ketones (excluding diaryl/α,β-unsaturated/α-hetero) is 1. The molecule has 1 rings (SSSR count). The van der Waals surface area contributed by atoms with E-state index < -0.39 is 0 Å². The standard InChI is InChI=1S/C11H13ClO3/c1-6-4-9(15-3)11(14)10(12)8(6)5-7(2)13/h4,14H,5H2,1-3H3. The first-order valence-corrected chi connectivity index (χ1v) is 4.89. The van der Waals surface area contributed by atoms with E-state index in [1.807, 2.05) is 6.92 Å². The van der Waals surface area contributed by atoms with Crippen LogP contribution >= 0.6 is 11.6 Å². The first kappa shape index (κ1) is 11.9. The van der Waals surface area contributed by atoms with E-state index in [1.54, 1.807) is 6.07 Å². The molecule has 0 bridgehead atoms. The Labute approximate surface area is 93.6 Å². The number of hydrogen-bond donors (Lipinski definition) is 1. The number of halogens is 1. The third-order valence-corrected chi connectivity index (χ3v) is 2.58. The molecular weight excluding hydrogens is 216 g/mol. The number of hydrogen-bond acceptors (Lipinski definition) is 3. The quantitative estimate of drug-likeness (QED) is 0.865. The maximum Gasteiger partial charge on any atom is 0.177 e. The van der Waals surface area contributed by atoms with Crippen LogP contribution in [0.4, 0.5) is 0 Å². The number of carbonyl (C=O) groups is 1. The fourth-order valence-corrected chi connectivity index (χ4v) is 1.71. The van der Waals surface area contributed by atoms with Crippen LogP contribution in [0.2, 0.25) is 5.02 Å². The molecule has 3 nitrogen and oxygen atoms in total. The van der Waals surface area contributed by atoms with E-state index in [9.17, 15) is 9.90 Å². The second kappa shape index (κ2) is 4.53. The number of benzene rings is 1. The number of phenols is 1. The number of ether oxygens (including phenoxy) is 1. The number of ketones is 1. The number of methoxy groups -OCH3 is 1. The summed E-state index contributed by atoms with van der Waals surface area (Å²) >= 11 is 5.94. The Morgan fingerprint density at radius 3 is 2.67 bits per heavy atom. The molecule has 4 heteroatoms. The van der Waals surface area contributed by atoms with Gasteiger partial charge in [-0.25, -0.2) is 0 Å². The van der Waals surface area contributed by atoms with E-state index in [-0.39, 0.29) is 23.0 Å². The summed E-state index contributed by atoms with van der Waals surface area (Å²) in [6, 6.07) is 1.67. The van der Waals surface area contributed by atoms with E-state index in [0.29, 0.717) is 11.3 Å². The van der Waals surface area contributed by atoms with Gasteiger partial charge >= 0.3 is 0 Å². The van der Waals surface area contributed by atoms with Gasteiger partial charge in [0.05, 0.1) is 12.1 Å². The van der Waals surface area contributed by atoms with Crippen molar-refractivity contribution in [3.05, 3.63) is 22.2 Å². The minimum atomic E-state index is -0.110. The number of aryl methyl sites for hydroxylation is 1. The molecule has 0 amide bonds. The predicted octanol–water partition coefficient (Wildman–Crippen LogP) is 2.49. The molecule has 1 aromatic rings. The van der Waals surface area contributed by atoms with Crippen LogP contribution in [-0.4, -0.2) is 18.0 Å². The summed E-state index contributed by atoms with van der Waals surface area (Å²) in [7, 11) is 1.45. The molecule has 0 aliphatic rings. The van der Waals surface area contributed by atoms with Gasteiger partial charge in [-0.2, -0.15) is 0 Å². The first-order valence-electron chi connectivity index (χ1n) is 4.51. The van der Waals surface area contributed by atoms with Gasteiger partial charge < -0.3 is 9.84 Å². The van der Waals surface area contributed by atoms with Gasteiger partial charge in [0, 0.05) is 6.42 Å². The van der Waals surface area contributed by atoms with Crippen LogP contribution in [0.1, 0.15) is 18.1 Å². The Bertz CT molecular complexity index is 399. The zero-order valence-corrected chi connectivity index (χ0v) is 9.68. The number of carbonyl (C=O) groups excluding carboxylic acids is 1. The van der Waals surface area contributed by atoms with Crippen LogP contribution in [0, 0.1) is 6.92 Å². The van der Waals surface area contributed by atoms with E-state index in [2.05, 4.69) is 0 Å². The fourth-order valence-electron chi connectivity index (χ4n) is 1.40. The molecule has 0 fully saturated rings. The average Bonchev–Trinajstić information content (AvgIpc) is 2.18. The van der Waals surface area contributed by atoms with Crippen LogP contribution in [0.15, 0.2) is 6.07 Å². The first-order chi connectivity index (χ1) is 6.97. The van der Waals surface area contributed by atoms with Crippen LogP contribution in [0.5, 0.6) is 11.5 Å². The Balaban J connectivity index is 3.29. The molecule has 0 unspecified atom stereocenters. The molecule has 0 saturated carbocycles. The molecule has 0 atom stereocenters.